The Bertz CT molecular complexity index is 198. The highest BCUT2D eigenvalue weighted by Crippen LogP contribution is 2.40. The van der Waals surface area contributed by atoms with E-state index in [0.717, 1.165) is 12.8 Å². The second-order valence-electron chi connectivity index (χ2n) is 4.75. The first kappa shape index (κ1) is 10.7. The van der Waals surface area contributed by atoms with Crippen molar-refractivity contribution in [2.24, 2.45) is 11.3 Å². The molecule has 2 heteroatoms. The van der Waals surface area contributed by atoms with Crippen LogP contribution in [0.3, 0.4) is 0 Å². The summed E-state index contributed by atoms with van der Waals surface area (Å²) >= 11 is 0. The quantitative estimate of drug-likeness (QED) is 0.647. The van der Waals surface area contributed by atoms with E-state index in [4.69, 9.17) is 0 Å². The molecule has 1 saturated carbocycles. The van der Waals surface area contributed by atoms with Crippen molar-refractivity contribution in [1.29, 1.82) is 0 Å². The lowest BCUT2D eigenvalue weighted by atomic mass is 9.69. The first-order valence-electron chi connectivity index (χ1n) is 5.14. The third kappa shape index (κ3) is 2.29. The molecule has 0 unspecified atom stereocenters. The number of hydrogen-bond acceptors (Lipinski definition) is 1. The van der Waals surface area contributed by atoms with Gasteiger partial charge in [-0.2, -0.15) is 0 Å². The number of hydrogen-bond donors (Lipinski definition) is 0. The van der Waals surface area contributed by atoms with E-state index in [1.165, 1.54) is 0 Å². The van der Waals surface area contributed by atoms with E-state index in [1.807, 2.05) is 0 Å². The van der Waals surface area contributed by atoms with Crippen molar-refractivity contribution in [3.8, 4) is 0 Å². The predicted octanol–water partition coefficient (Wildman–Crippen LogP) is 3.13. The zero-order valence-corrected chi connectivity index (χ0v) is 8.77. The van der Waals surface area contributed by atoms with Gasteiger partial charge in [-0.1, -0.05) is 27.2 Å². The van der Waals surface area contributed by atoms with Gasteiger partial charge in [0.2, 0.25) is 0 Å². The number of carbonyl (C=O) groups is 1. The molecule has 1 nitrogen and oxygen atoms in total. The maximum atomic E-state index is 13.1. The van der Waals surface area contributed by atoms with Gasteiger partial charge < -0.3 is 0 Å². The third-order valence-electron chi connectivity index (χ3n) is 3.60. The summed E-state index contributed by atoms with van der Waals surface area (Å²) in [5.74, 6) is 0.188. The maximum absolute atomic E-state index is 13.1. The Balaban J connectivity index is 2.60. The summed E-state index contributed by atoms with van der Waals surface area (Å²) in [5.41, 5.74) is 0.186. The van der Waals surface area contributed by atoms with Crippen molar-refractivity contribution in [2.75, 3.05) is 0 Å². The molecule has 1 fully saturated rings. The molecule has 0 heterocycles. The number of alkyl halides is 1. The van der Waals surface area contributed by atoms with Gasteiger partial charge in [-0.25, -0.2) is 4.39 Å². The average Bonchev–Trinajstić information content (AvgIpc) is 2.09. The van der Waals surface area contributed by atoms with Crippen LogP contribution >= 0.6 is 0 Å². The van der Waals surface area contributed by atoms with Gasteiger partial charge in [0.05, 0.1) is 0 Å². The van der Waals surface area contributed by atoms with E-state index in [2.05, 4.69) is 20.8 Å². The lowest BCUT2D eigenvalue weighted by Crippen LogP contribution is -2.34. The largest absolute Gasteiger partial charge is 0.296 e. The highest BCUT2D eigenvalue weighted by molar-refractivity contribution is 5.83. The molecule has 0 saturated heterocycles. The summed E-state index contributed by atoms with van der Waals surface area (Å²) in [6.07, 6.45) is 1.62. The Labute approximate surface area is 79.7 Å². The van der Waals surface area contributed by atoms with Crippen LogP contribution in [0.5, 0.6) is 0 Å². The number of carbonyl (C=O) groups excluding carboxylic acids is 1. The molecule has 76 valence electrons. The summed E-state index contributed by atoms with van der Waals surface area (Å²) in [6.45, 7) is 6.46. The molecule has 0 aromatic carbocycles. The van der Waals surface area contributed by atoms with Crippen LogP contribution in [-0.2, 0) is 4.79 Å². The normalized spacial score (nSPS) is 30.6. The van der Waals surface area contributed by atoms with E-state index in [9.17, 15) is 9.18 Å². The molecule has 0 aromatic heterocycles. The Hall–Kier alpha value is -0.400. The minimum Gasteiger partial charge on any atom is -0.296 e. The van der Waals surface area contributed by atoms with Gasteiger partial charge in [0.25, 0.3) is 0 Å². The van der Waals surface area contributed by atoms with Crippen LogP contribution in [-0.4, -0.2) is 12.0 Å². The summed E-state index contributed by atoms with van der Waals surface area (Å²) in [6, 6.07) is 0. The van der Waals surface area contributed by atoms with Crippen molar-refractivity contribution >= 4 is 5.78 Å². The van der Waals surface area contributed by atoms with Crippen molar-refractivity contribution in [3.05, 3.63) is 0 Å². The van der Waals surface area contributed by atoms with Gasteiger partial charge >= 0.3 is 0 Å². The molecule has 1 rings (SSSR count). The fourth-order valence-electron chi connectivity index (χ4n) is 1.97. The molecule has 0 radical (unpaired) electrons. The fourth-order valence-corrected chi connectivity index (χ4v) is 1.97. The zero-order chi connectivity index (χ0) is 10.1. The number of Topliss-reactive ketones (excluding diaryl/α,β-unsaturated/α-hetero) is 1. The van der Waals surface area contributed by atoms with Crippen molar-refractivity contribution in [1.82, 2.24) is 0 Å². The lowest BCUT2D eigenvalue weighted by molar-refractivity contribution is -0.127. The van der Waals surface area contributed by atoms with Gasteiger partial charge in [-0.05, 0) is 24.2 Å². The van der Waals surface area contributed by atoms with Crippen molar-refractivity contribution in [3.63, 3.8) is 0 Å². The van der Waals surface area contributed by atoms with E-state index in [1.54, 1.807) is 0 Å². The second-order valence-corrected chi connectivity index (χ2v) is 4.75. The summed E-state index contributed by atoms with van der Waals surface area (Å²) < 4.78 is 13.1. The van der Waals surface area contributed by atoms with Gasteiger partial charge in [-0.15, -0.1) is 0 Å². The van der Waals surface area contributed by atoms with Crippen LogP contribution in [0.2, 0.25) is 0 Å². The Morgan fingerprint density at radius 1 is 1.54 bits per heavy atom. The number of rotatable bonds is 2. The Kier molecular flexibility index (Phi) is 3.09. The number of ketones is 1. The lowest BCUT2D eigenvalue weighted by Gasteiger charge is -2.36. The maximum Gasteiger partial charge on any atom is 0.166 e. The standard InChI is InChI=1S/C11H19FO/c1-4-11(2,3)8-5-6-10(13)9(12)7-8/h8-9H,4-7H2,1-3H3/t8-,9+/m0/s1. The Morgan fingerprint density at radius 3 is 2.62 bits per heavy atom. The highest BCUT2D eigenvalue weighted by atomic mass is 19.1. The van der Waals surface area contributed by atoms with Crippen LogP contribution in [0, 0.1) is 11.3 Å². The molecule has 0 N–H and O–H groups in total. The van der Waals surface area contributed by atoms with Crippen LogP contribution in [0.15, 0.2) is 0 Å². The molecule has 0 aliphatic heterocycles. The van der Waals surface area contributed by atoms with Gasteiger partial charge in [0.15, 0.2) is 12.0 Å². The minimum absolute atomic E-state index is 0.186. The van der Waals surface area contributed by atoms with Crippen LogP contribution in [0.1, 0.15) is 46.5 Å². The monoisotopic (exact) mass is 186 g/mol. The van der Waals surface area contributed by atoms with Crippen molar-refractivity contribution < 1.29 is 9.18 Å². The second kappa shape index (κ2) is 3.77. The van der Waals surface area contributed by atoms with E-state index < -0.39 is 6.17 Å². The van der Waals surface area contributed by atoms with Gasteiger partial charge in [0, 0.05) is 6.42 Å². The zero-order valence-electron chi connectivity index (χ0n) is 8.77. The minimum atomic E-state index is -1.19. The van der Waals surface area contributed by atoms with Crippen LogP contribution in [0.4, 0.5) is 4.39 Å². The first-order chi connectivity index (χ1) is 5.97. The first-order valence-corrected chi connectivity index (χ1v) is 5.14. The van der Waals surface area contributed by atoms with Crippen molar-refractivity contribution in [2.45, 2.75) is 52.6 Å². The Morgan fingerprint density at radius 2 is 2.15 bits per heavy atom. The smallest absolute Gasteiger partial charge is 0.166 e. The van der Waals surface area contributed by atoms with E-state index in [-0.39, 0.29) is 11.2 Å². The van der Waals surface area contributed by atoms with E-state index >= 15 is 0 Å². The summed E-state index contributed by atoms with van der Waals surface area (Å²) in [5, 5.41) is 0. The molecule has 13 heavy (non-hydrogen) atoms. The third-order valence-corrected chi connectivity index (χ3v) is 3.60. The molecule has 2 atom stereocenters. The molecular weight excluding hydrogens is 167 g/mol. The van der Waals surface area contributed by atoms with Crippen LogP contribution < -0.4 is 0 Å². The molecule has 0 amide bonds. The van der Waals surface area contributed by atoms with Crippen LogP contribution in [0.25, 0.3) is 0 Å². The van der Waals surface area contributed by atoms with E-state index in [0.29, 0.717) is 18.8 Å². The SMILES string of the molecule is CCC(C)(C)[C@H]1CCC(=O)[C@H](F)C1. The van der Waals surface area contributed by atoms with Gasteiger partial charge in [-0.3, -0.25) is 4.79 Å². The molecule has 0 bridgehead atoms. The molecule has 1 aliphatic rings. The number of halogens is 1. The fraction of sp³-hybridized carbons (Fsp3) is 0.909. The van der Waals surface area contributed by atoms with Gasteiger partial charge in [0.1, 0.15) is 0 Å². The summed E-state index contributed by atoms with van der Waals surface area (Å²) in [4.78, 5) is 11.0. The molecule has 1 aliphatic carbocycles. The molecule has 0 spiro atoms. The molecular formula is C11H19FO. The highest BCUT2D eigenvalue weighted by Gasteiger charge is 2.36. The average molecular weight is 186 g/mol. The topological polar surface area (TPSA) is 17.1 Å². The molecule has 0 aromatic rings. The summed E-state index contributed by atoms with van der Waals surface area (Å²) in [7, 11) is 0. The predicted molar refractivity (Wildman–Crippen MR) is 51.3 cm³/mol.